The van der Waals surface area contributed by atoms with E-state index in [1.54, 1.807) is 6.08 Å². The van der Waals surface area contributed by atoms with E-state index in [2.05, 4.69) is 18.0 Å². The number of thiophene rings is 1. The van der Waals surface area contributed by atoms with Crippen LogP contribution in [0.2, 0.25) is 0 Å². The highest BCUT2D eigenvalue weighted by atomic mass is 32.1. The van der Waals surface area contributed by atoms with Crippen molar-refractivity contribution in [3.05, 3.63) is 23.1 Å². The van der Waals surface area contributed by atoms with E-state index in [1.165, 1.54) is 30.6 Å². The van der Waals surface area contributed by atoms with Crippen LogP contribution in [0.3, 0.4) is 0 Å². The van der Waals surface area contributed by atoms with E-state index in [4.69, 9.17) is 5.73 Å². The van der Waals surface area contributed by atoms with Crippen molar-refractivity contribution in [2.45, 2.75) is 38.5 Å². The molecular formula is C19H23N3OS. The van der Waals surface area contributed by atoms with Gasteiger partial charge in [-0.2, -0.15) is 5.26 Å². The van der Waals surface area contributed by atoms with E-state index < -0.39 is 0 Å². The second kappa shape index (κ2) is 5.63. The van der Waals surface area contributed by atoms with Crippen molar-refractivity contribution in [2.24, 2.45) is 23.2 Å². The molecule has 0 atom stereocenters. The number of nitrogens with two attached hydrogens (primary N) is 1. The zero-order valence-electron chi connectivity index (χ0n) is 13.8. The normalized spacial score (nSPS) is 33.2. The molecule has 4 aliphatic carbocycles. The Bertz CT molecular complexity index is 707. The molecule has 4 bridgehead atoms. The molecule has 0 radical (unpaired) electrons. The number of nitrogen functional groups attached to an aromatic ring is 1. The Balaban J connectivity index is 1.69. The lowest BCUT2D eigenvalue weighted by atomic mass is 9.48. The molecule has 0 aliphatic heterocycles. The van der Waals surface area contributed by atoms with Crippen molar-refractivity contribution in [1.29, 1.82) is 5.26 Å². The fourth-order valence-electron chi connectivity index (χ4n) is 5.64. The number of hydrogen-bond acceptors (Lipinski definition) is 5. The summed E-state index contributed by atoms with van der Waals surface area (Å²) in [6, 6.07) is 2.16. The molecule has 0 aromatic carbocycles. The van der Waals surface area contributed by atoms with Crippen LogP contribution in [0.15, 0.2) is 12.7 Å². The Morgan fingerprint density at radius 2 is 1.92 bits per heavy atom. The molecule has 3 N–H and O–H groups in total. The third-order valence-corrected chi connectivity index (χ3v) is 7.35. The predicted molar refractivity (Wildman–Crippen MR) is 97.1 cm³/mol. The van der Waals surface area contributed by atoms with Crippen molar-refractivity contribution < 1.29 is 4.79 Å². The predicted octanol–water partition coefficient (Wildman–Crippen LogP) is 4.20. The molecule has 4 nitrogen and oxygen atoms in total. The summed E-state index contributed by atoms with van der Waals surface area (Å²) in [6.45, 7) is 4.24. The highest BCUT2D eigenvalue weighted by molar-refractivity contribution is 7.19. The van der Waals surface area contributed by atoms with Gasteiger partial charge in [0, 0.05) is 12.0 Å². The fraction of sp³-hybridized carbons (Fsp3) is 0.579. The first-order valence-electron chi connectivity index (χ1n) is 8.78. The zero-order valence-corrected chi connectivity index (χ0v) is 14.6. The van der Waals surface area contributed by atoms with Crippen LogP contribution in [0.25, 0.3) is 0 Å². The molecule has 1 aromatic rings. The van der Waals surface area contributed by atoms with Crippen molar-refractivity contribution in [3.8, 4) is 6.07 Å². The lowest BCUT2D eigenvalue weighted by molar-refractivity contribution is -0.0350. The molecule has 5 heteroatoms. The average Bonchev–Trinajstić information content (AvgIpc) is 2.86. The lowest BCUT2D eigenvalue weighted by Crippen LogP contribution is -2.49. The first-order valence-corrected chi connectivity index (χ1v) is 9.60. The summed E-state index contributed by atoms with van der Waals surface area (Å²) in [5.41, 5.74) is 6.78. The van der Waals surface area contributed by atoms with Crippen LogP contribution in [0.4, 0.5) is 10.7 Å². The van der Waals surface area contributed by atoms with Gasteiger partial charge in [-0.25, -0.2) is 0 Å². The van der Waals surface area contributed by atoms with Gasteiger partial charge in [0.2, 0.25) is 0 Å². The smallest absolute Gasteiger partial charge is 0.181 e. The largest absolute Gasteiger partial charge is 0.396 e. The van der Waals surface area contributed by atoms with E-state index in [0.29, 0.717) is 27.7 Å². The summed E-state index contributed by atoms with van der Waals surface area (Å²) in [5, 5.41) is 13.3. The van der Waals surface area contributed by atoms with Crippen LogP contribution in [0.5, 0.6) is 0 Å². The number of nitrogens with one attached hydrogen (secondary N) is 1. The Morgan fingerprint density at radius 1 is 1.33 bits per heavy atom. The van der Waals surface area contributed by atoms with Gasteiger partial charge in [0.15, 0.2) is 5.78 Å². The Labute approximate surface area is 146 Å². The second-order valence-corrected chi connectivity index (χ2v) is 8.88. The number of anilines is 2. The van der Waals surface area contributed by atoms with Crippen LogP contribution >= 0.6 is 11.3 Å². The Morgan fingerprint density at radius 3 is 2.42 bits per heavy atom. The maximum Gasteiger partial charge on any atom is 0.181 e. The second-order valence-electron chi connectivity index (χ2n) is 7.86. The summed E-state index contributed by atoms with van der Waals surface area (Å²) < 4.78 is 0. The minimum atomic E-state index is -0.212. The molecule has 1 heterocycles. The highest BCUT2D eigenvalue weighted by Gasteiger charge is 2.55. The molecule has 24 heavy (non-hydrogen) atoms. The number of carbonyl (C=O) groups is 1. The number of nitriles is 1. The molecule has 0 spiro atoms. The minimum absolute atomic E-state index is 0.201. The average molecular weight is 341 g/mol. The molecule has 0 unspecified atom stereocenters. The summed E-state index contributed by atoms with van der Waals surface area (Å²) in [7, 11) is 0. The lowest BCUT2D eigenvalue weighted by Gasteiger charge is -2.55. The van der Waals surface area contributed by atoms with Crippen LogP contribution in [0, 0.1) is 34.5 Å². The quantitative estimate of drug-likeness (QED) is 0.621. The number of carbonyl (C=O) groups excluding carboxylic acids is 1. The first kappa shape index (κ1) is 15.7. The topological polar surface area (TPSA) is 78.9 Å². The molecule has 5 rings (SSSR count). The van der Waals surface area contributed by atoms with Gasteiger partial charge >= 0.3 is 0 Å². The van der Waals surface area contributed by atoms with Gasteiger partial charge in [0.1, 0.15) is 16.6 Å². The first-order chi connectivity index (χ1) is 11.6. The van der Waals surface area contributed by atoms with E-state index in [1.807, 2.05) is 0 Å². The molecule has 1 aromatic heterocycles. The highest BCUT2D eigenvalue weighted by Crippen LogP contribution is 2.61. The van der Waals surface area contributed by atoms with Crippen molar-refractivity contribution in [1.82, 2.24) is 0 Å². The fourth-order valence-corrected chi connectivity index (χ4v) is 6.78. The number of rotatable bonds is 5. The van der Waals surface area contributed by atoms with Crippen molar-refractivity contribution >= 4 is 27.8 Å². The van der Waals surface area contributed by atoms with Crippen LogP contribution in [0.1, 0.15) is 53.8 Å². The Kier molecular flexibility index (Phi) is 3.69. The van der Waals surface area contributed by atoms with Crippen LogP contribution < -0.4 is 11.1 Å². The maximum absolute atomic E-state index is 13.4. The monoisotopic (exact) mass is 341 g/mol. The van der Waals surface area contributed by atoms with Gasteiger partial charge in [0.25, 0.3) is 0 Å². The zero-order chi connectivity index (χ0) is 16.9. The third-order valence-electron chi connectivity index (χ3n) is 6.19. The number of Topliss-reactive ketones (excluding diaryl/α,β-unsaturated/α-hetero) is 1. The molecule has 0 amide bonds. The number of hydrogen-bond donors (Lipinski definition) is 2. The molecular weight excluding hydrogens is 318 g/mol. The number of nitrogens with zero attached hydrogens (tertiary/aromatic N) is 1. The van der Waals surface area contributed by atoms with E-state index in [-0.39, 0.29) is 11.2 Å². The molecule has 4 saturated carbocycles. The van der Waals surface area contributed by atoms with E-state index >= 15 is 0 Å². The van der Waals surface area contributed by atoms with Gasteiger partial charge in [-0.3, -0.25) is 4.79 Å². The van der Waals surface area contributed by atoms with E-state index in [0.717, 1.165) is 37.0 Å². The minimum Gasteiger partial charge on any atom is -0.396 e. The maximum atomic E-state index is 13.4. The van der Waals surface area contributed by atoms with Gasteiger partial charge in [-0.1, -0.05) is 6.08 Å². The van der Waals surface area contributed by atoms with Gasteiger partial charge in [-0.15, -0.1) is 17.9 Å². The summed E-state index contributed by atoms with van der Waals surface area (Å²) in [5.74, 6) is 2.35. The summed E-state index contributed by atoms with van der Waals surface area (Å²) in [6.07, 6.45) is 8.72. The molecule has 0 saturated heterocycles. The van der Waals surface area contributed by atoms with Gasteiger partial charge in [-0.05, 0) is 56.3 Å². The van der Waals surface area contributed by atoms with Gasteiger partial charge < -0.3 is 11.1 Å². The number of ketones is 1. The summed E-state index contributed by atoms with van der Waals surface area (Å²) in [4.78, 5) is 14.0. The Hall–Kier alpha value is -1.80. The van der Waals surface area contributed by atoms with Crippen LogP contribution in [-0.4, -0.2) is 12.3 Å². The van der Waals surface area contributed by atoms with Crippen LogP contribution in [-0.2, 0) is 0 Å². The molecule has 126 valence electrons. The summed E-state index contributed by atoms with van der Waals surface area (Å²) >= 11 is 1.35. The van der Waals surface area contributed by atoms with Crippen molar-refractivity contribution in [2.75, 3.05) is 17.6 Å². The van der Waals surface area contributed by atoms with E-state index in [9.17, 15) is 10.1 Å². The van der Waals surface area contributed by atoms with Crippen molar-refractivity contribution in [3.63, 3.8) is 0 Å². The molecule has 4 fully saturated rings. The van der Waals surface area contributed by atoms with Gasteiger partial charge in [0.05, 0.1) is 10.6 Å². The third kappa shape index (κ3) is 2.28. The standard InChI is InChI=1S/C19H23N3OS/c1-2-3-22-18-14(10-20)15(21)16(24-18)17(23)19-7-11-4-12(8-19)6-13(5-11)9-19/h2,11-13,22H,1,3-9,21H2. The molecule has 4 aliphatic rings. The SMILES string of the molecule is C=CCNc1sc(C(=O)C23CC4CC(CC(C4)C2)C3)c(N)c1C#N.